The standard InChI is InChI=1S/C16H14F3N5OS/c1-2-11(14(20)25)26-13-8-7-12-21-22-15(24(12)23-13)9-3-5-10(6-4-9)16(17,18)19/h3-8,11H,2H2,1H3,(H2,20,25). The van der Waals surface area contributed by atoms with Crippen LogP contribution in [0.3, 0.4) is 0 Å². The van der Waals surface area contributed by atoms with Gasteiger partial charge in [-0.1, -0.05) is 30.8 Å². The van der Waals surface area contributed by atoms with Crippen LogP contribution in [0, 0.1) is 0 Å². The van der Waals surface area contributed by atoms with Gasteiger partial charge in [0, 0.05) is 5.56 Å². The summed E-state index contributed by atoms with van der Waals surface area (Å²) in [5.74, 6) is -0.130. The quantitative estimate of drug-likeness (QED) is 0.686. The van der Waals surface area contributed by atoms with Crippen LogP contribution in [-0.4, -0.2) is 31.0 Å². The number of nitrogens with two attached hydrogens (primary N) is 1. The first-order chi connectivity index (χ1) is 12.3. The van der Waals surface area contributed by atoms with Crippen LogP contribution < -0.4 is 5.73 Å². The number of fused-ring (bicyclic) bond motifs is 1. The highest BCUT2D eigenvalue weighted by atomic mass is 32.2. The molecule has 2 N–H and O–H groups in total. The third kappa shape index (κ3) is 3.64. The molecule has 136 valence electrons. The second-order valence-electron chi connectivity index (χ2n) is 5.46. The molecule has 1 aromatic carbocycles. The van der Waals surface area contributed by atoms with Gasteiger partial charge in [-0.05, 0) is 30.7 Å². The van der Waals surface area contributed by atoms with Gasteiger partial charge >= 0.3 is 6.18 Å². The SMILES string of the molecule is CCC(Sc1ccc2nnc(-c3ccc(C(F)(F)F)cc3)n2n1)C(N)=O. The molecule has 0 aliphatic carbocycles. The van der Waals surface area contributed by atoms with E-state index < -0.39 is 22.9 Å². The first kappa shape index (κ1) is 18.2. The van der Waals surface area contributed by atoms with Gasteiger partial charge < -0.3 is 5.73 Å². The summed E-state index contributed by atoms with van der Waals surface area (Å²) in [6.07, 6.45) is -3.86. The minimum atomic E-state index is -4.41. The van der Waals surface area contributed by atoms with Crippen LogP contribution >= 0.6 is 11.8 Å². The van der Waals surface area contributed by atoms with Crippen molar-refractivity contribution in [1.29, 1.82) is 0 Å². The van der Waals surface area contributed by atoms with Crippen molar-refractivity contribution < 1.29 is 18.0 Å². The zero-order valence-electron chi connectivity index (χ0n) is 13.6. The molecule has 0 saturated carbocycles. The molecule has 1 atom stereocenters. The van der Waals surface area contributed by atoms with Crippen molar-refractivity contribution in [3.05, 3.63) is 42.0 Å². The monoisotopic (exact) mass is 381 g/mol. The van der Waals surface area contributed by atoms with Gasteiger partial charge in [0.2, 0.25) is 5.91 Å². The summed E-state index contributed by atoms with van der Waals surface area (Å²) in [5.41, 5.74) is 5.49. The summed E-state index contributed by atoms with van der Waals surface area (Å²) in [6.45, 7) is 1.84. The Hall–Kier alpha value is -2.62. The number of carbonyl (C=O) groups is 1. The molecule has 0 fully saturated rings. The Bertz CT molecular complexity index is 939. The molecule has 3 rings (SSSR count). The lowest BCUT2D eigenvalue weighted by molar-refractivity contribution is -0.137. The van der Waals surface area contributed by atoms with Crippen LogP contribution in [0.25, 0.3) is 17.0 Å². The number of halogens is 3. The lowest BCUT2D eigenvalue weighted by Gasteiger charge is -2.10. The lowest BCUT2D eigenvalue weighted by Crippen LogP contribution is -2.25. The van der Waals surface area contributed by atoms with Crippen LogP contribution in [0.15, 0.2) is 41.4 Å². The Morgan fingerprint density at radius 3 is 2.46 bits per heavy atom. The van der Waals surface area contributed by atoms with Crippen molar-refractivity contribution in [2.45, 2.75) is 29.8 Å². The molecule has 0 spiro atoms. The minimum Gasteiger partial charge on any atom is -0.369 e. The molecule has 1 unspecified atom stereocenters. The van der Waals surface area contributed by atoms with E-state index in [0.717, 1.165) is 12.1 Å². The fraction of sp³-hybridized carbons (Fsp3) is 0.250. The number of rotatable bonds is 5. The maximum absolute atomic E-state index is 12.7. The number of alkyl halides is 3. The van der Waals surface area contributed by atoms with E-state index in [-0.39, 0.29) is 0 Å². The maximum Gasteiger partial charge on any atom is 0.416 e. The van der Waals surface area contributed by atoms with Gasteiger partial charge in [-0.2, -0.15) is 22.8 Å². The number of nitrogens with zero attached hydrogens (tertiary/aromatic N) is 4. The smallest absolute Gasteiger partial charge is 0.369 e. The number of hydrogen-bond acceptors (Lipinski definition) is 5. The molecule has 1 amide bonds. The average molecular weight is 381 g/mol. The van der Waals surface area contributed by atoms with E-state index in [9.17, 15) is 18.0 Å². The van der Waals surface area contributed by atoms with Crippen LogP contribution in [0.5, 0.6) is 0 Å². The van der Waals surface area contributed by atoms with Crippen LogP contribution in [0.4, 0.5) is 13.2 Å². The molecule has 0 saturated heterocycles. The van der Waals surface area contributed by atoms with Gasteiger partial charge in [0.1, 0.15) is 5.03 Å². The zero-order chi connectivity index (χ0) is 18.9. The van der Waals surface area contributed by atoms with Crippen molar-refractivity contribution in [3.8, 4) is 11.4 Å². The largest absolute Gasteiger partial charge is 0.416 e. The minimum absolute atomic E-state index is 0.309. The predicted octanol–water partition coefficient (Wildman–Crippen LogP) is 3.17. The molecular formula is C16H14F3N5OS. The molecule has 0 radical (unpaired) electrons. The highest BCUT2D eigenvalue weighted by Crippen LogP contribution is 2.31. The Labute approximate surface area is 150 Å². The van der Waals surface area contributed by atoms with Gasteiger partial charge in [0.15, 0.2) is 11.5 Å². The van der Waals surface area contributed by atoms with Crippen LogP contribution in [0.1, 0.15) is 18.9 Å². The molecule has 26 heavy (non-hydrogen) atoms. The van der Waals surface area contributed by atoms with E-state index in [1.165, 1.54) is 28.4 Å². The third-order valence-electron chi connectivity index (χ3n) is 3.66. The fourth-order valence-corrected chi connectivity index (χ4v) is 3.16. The summed E-state index contributed by atoms with van der Waals surface area (Å²) in [7, 11) is 0. The number of aromatic nitrogens is 4. The van der Waals surface area contributed by atoms with Crippen molar-refractivity contribution in [2.75, 3.05) is 0 Å². The summed E-state index contributed by atoms with van der Waals surface area (Å²) in [5, 5.41) is 12.5. The summed E-state index contributed by atoms with van der Waals surface area (Å²) >= 11 is 1.21. The Kier molecular flexibility index (Phi) is 4.86. The predicted molar refractivity (Wildman–Crippen MR) is 90.4 cm³/mol. The Balaban J connectivity index is 1.97. The summed E-state index contributed by atoms with van der Waals surface area (Å²) in [4.78, 5) is 11.4. The molecule has 2 aromatic heterocycles. The highest BCUT2D eigenvalue weighted by Gasteiger charge is 2.30. The number of primary amides is 1. The molecule has 3 aromatic rings. The molecule has 0 aliphatic heterocycles. The van der Waals surface area contributed by atoms with Crippen LogP contribution in [0.2, 0.25) is 0 Å². The topological polar surface area (TPSA) is 86.2 Å². The van der Waals surface area contributed by atoms with E-state index in [0.29, 0.717) is 28.5 Å². The molecular weight excluding hydrogens is 367 g/mol. The van der Waals surface area contributed by atoms with E-state index in [1.54, 1.807) is 12.1 Å². The number of carbonyl (C=O) groups excluding carboxylic acids is 1. The van der Waals surface area contributed by atoms with Gasteiger partial charge in [0.25, 0.3) is 0 Å². The van der Waals surface area contributed by atoms with Gasteiger partial charge in [-0.3, -0.25) is 4.79 Å². The van der Waals surface area contributed by atoms with Crippen molar-refractivity contribution in [2.24, 2.45) is 5.73 Å². The van der Waals surface area contributed by atoms with Crippen LogP contribution in [-0.2, 0) is 11.0 Å². The Morgan fingerprint density at radius 2 is 1.88 bits per heavy atom. The van der Waals surface area contributed by atoms with E-state index in [2.05, 4.69) is 15.3 Å². The number of benzene rings is 1. The first-order valence-corrected chi connectivity index (χ1v) is 8.53. The van der Waals surface area contributed by atoms with Crippen molar-refractivity contribution in [1.82, 2.24) is 19.8 Å². The molecule has 10 heteroatoms. The van der Waals surface area contributed by atoms with Gasteiger partial charge in [-0.15, -0.1) is 10.2 Å². The van der Waals surface area contributed by atoms with Gasteiger partial charge in [-0.25, -0.2) is 0 Å². The van der Waals surface area contributed by atoms with E-state index in [4.69, 9.17) is 5.73 Å². The Morgan fingerprint density at radius 1 is 1.19 bits per heavy atom. The second kappa shape index (κ2) is 6.94. The molecule has 6 nitrogen and oxygen atoms in total. The number of amides is 1. The number of hydrogen-bond donors (Lipinski definition) is 1. The third-order valence-corrected chi connectivity index (χ3v) is 4.97. The molecule has 2 heterocycles. The van der Waals surface area contributed by atoms with Crippen molar-refractivity contribution in [3.63, 3.8) is 0 Å². The van der Waals surface area contributed by atoms with Crippen molar-refractivity contribution >= 4 is 23.3 Å². The van der Waals surface area contributed by atoms with E-state index >= 15 is 0 Å². The first-order valence-electron chi connectivity index (χ1n) is 7.65. The normalized spacial score (nSPS) is 13.1. The second-order valence-corrected chi connectivity index (χ2v) is 6.68. The highest BCUT2D eigenvalue weighted by molar-refractivity contribution is 8.00. The van der Waals surface area contributed by atoms with Gasteiger partial charge in [0.05, 0.1) is 10.8 Å². The fourth-order valence-electron chi connectivity index (χ4n) is 2.31. The zero-order valence-corrected chi connectivity index (χ0v) is 14.4. The maximum atomic E-state index is 12.7. The van der Waals surface area contributed by atoms with E-state index in [1.807, 2.05) is 6.92 Å². The number of thioether (sulfide) groups is 1. The molecule has 0 aliphatic rings. The summed E-state index contributed by atoms with van der Waals surface area (Å²) < 4.78 is 39.5. The lowest BCUT2D eigenvalue weighted by atomic mass is 10.1. The molecule has 0 bridgehead atoms. The summed E-state index contributed by atoms with van der Waals surface area (Å²) in [6, 6.07) is 7.96. The average Bonchev–Trinajstić information content (AvgIpc) is 3.02.